The van der Waals surface area contributed by atoms with Gasteiger partial charge in [0.1, 0.15) is 5.75 Å². The van der Waals surface area contributed by atoms with Crippen molar-refractivity contribution in [3.05, 3.63) is 96.1 Å². The average molecular weight is 709 g/mol. The molecule has 4 heterocycles. The van der Waals surface area contributed by atoms with Gasteiger partial charge in [-0.3, -0.25) is 14.4 Å². The van der Waals surface area contributed by atoms with Gasteiger partial charge in [-0.1, -0.05) is 67.7 Å². The van der Waals surface area contributed by atoms with Crippen LogP contribution in [0.25, 0.3) is 0 Å². The van der Waals surface area contributed by atoms with Crippen molar-refractivity contribution in [3.63, 3.8) is 0 Å². The molecular weight excluding hydrogens is 661 g/mol. The number of carbonyl (C=O) groups is 3. The third-order valence-corrected chi connectivity index (χ3v) is 16.2. The van der Waals surface area contributed by atoms with Crippen molar-refractivity contribution in [2.75, 3.05) is 49.7 Å². The zero-order valence-corrected chi connectivity index (χ0v) is 30.9. The van der Waals surface area contributed by atoms with Gasteiger partial charge >= 0.3 is 0 Å². The third-order valence-electron chi connectivity index (χ3n) is 11.8. The molecule has 3 amide bonds. The van der Waals surface area contributed by atoms with Gasteiger partial charge in [0.15, 0.2) is 5.60 Å². The van der Waals surface area contributed by atoms with E-state index in [-0.39, 0.29) is 54.8 Å². The lowest BCUT2D eigenvalue weighted by Crippen LogP contribution is -2.52. The van der Waals surface area contributed by atoms with Gasteiger partial charge in [0.25, 0.3) is 5.91 Å². The molecule has 0 bridgehead atoms. The lowest BCUT2D eigenvalue weighted by molar-refractivity contribution is -0.150. The van der Waals surface area contributed by atoms with Crippen molar-refractivity contribution in [1.82, 2.24) is 10.2 Å². The molecule has 2 N–H and O–H groups in total. The van der Waals surface area contributed by atoms with E-state index in [1.807, 2.05) is 48.5 Å². The van der Waals surface area contributed by atoms with Crippen LogP contribution in [0.2, 0.25) is 18.6 Å². The Kier molecular flexibility index (Phi) is 9.42. The third kappa shape index (κ3) is 5.80. The Morgan fingerprint density at radius 1 is 1.12 bits per heavy atom. The Balaban J connectivity index is 1.32. The highest BCUT2D eigenvalue weighted by molar-refractivity contribution is 6.91. The topological polar surface area (TPSA) is 112 Å². The Bertz CT molecular complexity index is 1850. The maximum absolute atomic E-state index is 14.9. The monoisotopic (exact) mass is 708 g/mol. The Hall–Kier alpha value is -4.29. The summed E-state index contributed by atoms with van der Waals surface area (Å²) in [6.07, 6.45) is 1.78. The largest absolute Gasteiger partial charge is 0.497 e. The molecule has 4 aliphatic rings. The van der Waals surface area contributed by atoms with Crippen LogP contribution in [-0.2, 0) is 37.7 Å². The molecule has 5 atom stereocenters. The minimum Gasteiger partial charge on any atom is -0.497 e. The maximum Gasteiger partial charge on any atom is 0.264 e. The fourth-order valence-electron chi connectivity index (χ4n) is 9.19. The van der Waals surface area contributed by atoms with Crippen LogP contribution in [-0.4, -0.2) is 87.8 Å². The van der Waals surface area contributed by atoms with Crippen molar-refractivity contribution in [3.8, 4) is 5.75 Å². The Labute approximate surface area is 301 Å². The number of hydrogen-bond acceptors (Lipinski definition) is 7. The second-order valence-corrected chi connectivity index (χ2v) is 19.5. The molecule has 0 aromatic heterocycles. The first-order chi connectivity index (χ1) is 24.5. The van der Waals surface area contributed by atoms with Crippen molar-refractivity contribution in [2.45, 2.75) is 62.7 Å². The van der Waals surface area contributed by atoms with E-state index >= 15 is 0 Å². The molecule has 7 rings (SSSR count). The van der Waals surface area contributed by atoms with E-state index in [0.29, 0.717) is 32.6 Å². The summed E-state index contributed by atoms with van der Waals surface area (Å²) in [5, 5.41) is 14.7. The van der Waals surface area contributed by atoms with Crippen LogP contribution in [0.4, 0.5) is 11.4 Å². The number of hydrogen-bond donors (Lipinski definition) is 2. The summed E-state index contributed by atoms with van der Waals surface area (Å²) in [5.74, 6) is 0.144. The van der Waals surface area contributed by atoms with Crippen molar-refractivity contribution in [1.29, 1.82) is 0 Å². The average Bonchev–Trinajstić information content (AvgIpc) is 3.57. The lowest BCUT2D eigenvalue weighted by atomic mass is 9.82. The van der Waals surface area contributed by atoms with Crippen molar-refractivity contribution >= 4 is 42.4 Å². The van der Waals surface area contributed by atoms with Crippen LogP contribution in [0.1, 0.15) is 30.0 Å². The predicted molar refractivity (Wildman–Crippen MR) is 200 cm³/mol. The molecule has 3 aromatic rings. The number of piperazine rings is 1. The van der Waals surface area contributed by atoms with Crippen LogP contribution in [0, 0.1) is 5.92 Å². The summed E-state index contributed by atoms with van der Waals surface area (Å²) in [5.41, 5.74) is 2.89. The summed E-state index contributed by atoms with van der Waals surface area (Å²) >= 11 is 0. The summed E-state index contributed by atoms with van der Waals surface area (Å²) in [7, 11) is -0.866. The molecule has 0 saturated carbocycles. The molecule has 0 aliphatic carbocycles. The summed E-state index contributed by atoms with van der Waals surface area (Å²) in [4.78, 5) is 47.7. The molecule has 0 unspecified atom stereocenters. The summed E-state index contributed by atoms with van der Waals surface area (Å²) < 4.78 is 12.7. The molecule has 51 heavy (non-hydrogen) atoms. The van der Waals surface area contributed by atoms with Crippen LogP contribution in [0.15, 0.2) is 79.4 Å². The number of amides is 3. The molecule has 2 saturated heterocycles. The highest BCUT2D eigenvalue weighted by Gasteiger charge is 2.66. The molecule has 10 nitrogen and oxygen atoms in total. The second-order valence-electron chi connectivity index (χ2n) is 14.8. The molecule has 0 radical (unpaired) electrons. The molecule has 268 valence electrons. The fourth-order valence-corrected chi connectivity index (χ4v) is 13.2. The number of fused-ring (bicyclic) bond motifs is 3. The van der Waals surface area contributed by atoms with Crippen LogP contribution >= 0.6 is 0 Å². The highest BCUT2D eigenvalue weighted by Crippen LogP contribution is 2.60. The molecular formula is C40H48N4O6Si. The second kappa shape index (κ2) is 13.7. The minimum absolute atomic E-state index is 0.0288. The first-order valence-corrected chi connectivity index (χ1v) is 21.0. The SMILES string of the molecule is C=CCN1C(=O)[C@@]2(O[C@@H](CC(=O)N3Cc4ccccc4C[C@H]3CO)[C@H]([Si](C)(C)c3ccc(OC)cc3)[C@H]2C)c2cc(N3CCNCC3=O)ccc21. The number of aliphatic hydroxyl groups is 1. The fraction of sp³-hybridized carbons (Fsp3) is 0.425. The maximum atomic E-state index is 14.9. The number of nitrogens with one attached hydrogen (secondary N) is 1. The predicted octanol–water partition coefficient (Wildman–Crippen LogP) is 3.72. The lowest BCUT2D eigenvalue weighted by Gasteiger charge is -2.39. The molecule has 2 fully saturated rings. The number of methoxy groups -OCH3 is 1. The number of rotatable bonds is 9. The van der Waals surface area contributed by atoms with E-state index in [9.17, 15) is 19.5 Å². The van der Waals surface area contributed by atoms with Gasteiger partial charge in [-0.15, -0.1) is 6.58 Å². The smallest absolute Gasteiger partial charge is 0.264 e. The van der Waals surface area contributed by atoms with Crippen LogP contribution in [0.3, 0.4) is 0 Å². The van der Waals surface area contributed by atoms with Gasteiger partial charge in [-0.2, -0.15) is 0 Å². The van der Waals surface area contributed by atoms with E-state index in [1.54, 1.807) is 27.9 Å². The van der Waals surface area contributed by atoms with Crippen LogP contribution < -0.4 is 25.0 Å². The number of benzene rings is 3. The summed E-state index contributed by atoms with van der Waals surface area (Å²) in [6.45, 7) is 12.6. The van der Waals surface area contributed by atoms with E-state index < -0.39 is 19.8 Å². The van der Waals surface area contributed by atoms with E-state index in [1.165, 1.54) is 5.19 Å². The Morgan fingerprint density at radius 3 is 2.55 bits per heavy atom. The first-order valence-electron chi connectivity index (χ1n) is 17.9. The summed E-state index contributed by atoms with van der Waals surface area (Å²) in [6, 6.07) is 21.7. The zero-order chi connectivity index (χ0) is 36.1. The van der Waals surface area contributed by atoms with E-state index in [2.05, 4.69) is 50.1 Å². The van der Waals surface area contributed by atoms with E-state index in [0.717, 1.165) is 33.8 Å². The number of anilines is 2. The van der Waals surface area contributed by atoms with Crippen molar-refractivity contribution < 1.29 is 29.0 Å². The highest BCUT2D eigenvalue weighted by atomic mass is 28.3. The normalized spacial score (nSPS) is 26.0. The zero-order valence-electron chi connectivity index (χ0n) is 29.9. The standard InChI is InChI=1S/C40H48N4O6Si/c1-6-18-43-34-16-11-29(42-19-17-41-23-37(42)47)21-33(34)40(39(43)48)26(2)38(51(4,5)32-14-12-31(49-3)13-15-32)35(50-40)22-36(46)44-24-28-10-8-7-9-27(28)20-30(44)25-45/h6-16,21,26,30,35,38,41,45H,1,17-20,22-25H2,2-5H3/t26-,30+,35+,38-,40+/m1/s1. The van der Waals surface area contributed by atoms with Gasteiger partial charge in [-0.25, -0.2) is 0 Å². The molecule has 3 aromatic carbocycles. The van der Waals surface area contributed by atoms with E-state index in [4.69, 9.17) is 9.47 Å². The number of aliphatic hydroxyl groups excluding tert-OH is 1. The quantitative estimate of drug-likeness (QED) is 0.258. The molecule has 4 aliphatic heterocycles. The minimum atomic E-state index is -2.51. The Morgan fingerprint density at radius 2 is 1.86 bits per heavy atom. The number of ether oxygens (including phenoxy) is 2. The number of carbonyl (C=O) groups excluding carboxylic acids is 3. The van der Waals surface area contributed by atoms with Crippen LogP contribution in [0.5, 0.6) is 5.75 Å². The number of nitrogens with zero attached hydrogens (tertiary/aromatic N) is 3. The molecule has 11 heteroatoms. The van der Waals surface area contributed by atoms with Gasteiger partial charge in [0, 0.05) is 43.3 Å². The molecule has 1 spiro atoms. The van der Waals surface area contributed by atoms with Gasteiger partial charge < -0.3 is 34.6 Å². The van der Waals surface area contributed by atoms with Crippen molar-refractivity contribution in [2.24, 2.45) is 5.92 Å². The van der Waals surface area contributed by atoms with Gasteiger partial charge in [-0.05, 0) is 53.4 Å². The van der Waals surface area contributed by atoms with Gasteiger partial charge in [0.05, 0.1) is 52.6 Å². The first kappa shape index (κ1) is 35.1. The van der Waals surface area contributed by atoms with Gasteiger partial charge in [0.2, 0.25) is 11.8 Å².